The Bertz CT molecular complexity index is 653. The summed E-state index contributed by atoms with van der Waals surface area (Å²) >= 11 is 0. The Morgan fingerprint density at radius 1 is 1.54 bits per heavy atom. The SMILES string of the molecule is COCC#Cc1cnc(/C(C=NCC2CCCCO2)=N/N)c(C)c1. The van der Waals surface area contributed by atoms with Crippen LogP contribution in [0.1, 0.15) is 36.1 Å². The molecule has 0 radical (unpaired) electrons. The maximum atomic E-state index is 5.66. The zero-order valence-corrected chi connectivity index (χ0v) is 14.3. The molecule has 1 saturated heterocycles. The van der Waals surface area contributed by atoms with E-state index in [1.165, 1.54) is 6.42 Å². The van der Waals surface area contributed by atoms with Crippen LogP contribution in [0.3, 0.4) is 0 Å². The molecule has 24 heavy (non-hydrogen) atoms. The number of hydrogen-bond acceptors (Lipinski definition) is 6. The number of methoxy groups -OCH3 is 1. The molecule has 0 spiro atoms. The van der Waals surface area contributed by atoms with Crippen molar-refractivity contribution in [1.29, 1.82) is 0 Å². The molecule has 6 heteroatoms. The van der Waals surface area contributed by atoms with Gasteiger partial charge in [0.15, 0.2) is 0 Å². The minimum absolute atomic E-state index is 0.196. The largest absolute Gasteiger partial charge is 0.376 e. The normalized spacial score (nSPS) is 18.4. The summed E-state index contributed by atoms with van der Waals surface area (Å²) in [4.78, 5) is 8.84. The van der Waals surface area contributed by atoms with Crippen LogP contribution in [0.2, 0.25) is 0 Å². The molecule has 1 unspecified atom stereocenters. The molecule has 1 aliphatic rings. The minimum Gasteiger partial charge on any atom is -0.376 e. The van der Waals surface area contributed by atoms with Gasteiger partial charge in [-0.1, -0.05) is 11.8 Å². The maximum absolute atomic E-state index is 5.66. The van der Waals surface area contributed by atoms with Gasteiger partial charge in [-0.15, -0.1) is 0 Å². The van der Waals surface area contributed by atoms with Crippen molar-refractivity contribution in [2.24, 2.45) is 15.9 Å². The Hall–Kier alpha value is -2.23. The fourth-order valence-electron chi connectivity index (χ4n) is 2.49. The number of aryl methyl sites for hydroxylation is 1. The molecule has 1 aromatic rings. The van der Waals surface area contributed by atoms with Crippen LogP contribution in [0.25, 0.3) is 0 Å². The van der Waals surface area contributed by atoms with Crippen molar-refractivity contribution in [3.05, 3.63) is 29.1 Å². The van der Waals surface area contributed by atoms with Crippen LogP contribution in [0, 0.1) is 18.8 Å². The first-order valence-corrected chi connectivity index (χ1v) is 8.08. The van der Waals surface area contributed by atoms with E-state index >= 15 is 0 Å². The van der Waals surface area contributed by atoms with Crippen LogP contribution in [0.4, 0.5) is 0 Å². The summed E-state index contributed by atoms with van der Waals surface area (Å²) in [7, 11) is 1.61. The van der Waals surface area contributed by atoms with Crippen LogP contribution in [0.15, 0.2) is 22.4 Å². The van der Waals surface area contributed by atoms with E-state index in [1.54, 1.807) is 19.5 Å². The van der Waals surface area contributed by atoms with Gasteiger partial charge in [0.2, 0.25) is 0 Å². The van der Waals surface area contributed by atoms with Crippen molar-refractivity contribution < 1.29 is 9.47 Å². The fourth-order valence-corrected chi connectivity index (χ4v) is 2.49. The van der Waals surface area contributed by atoms with Gasteiger partial charge in [-0.05, 0) is 37.8 Å². The summed E-state index contributed by atoms with van der Waals surface area (Å²) in [6.07, 6.45) is 6.96. The van der Waals surface area contributed by atoms with Crippen LogP contribution in [-0.4, -0.2) is 49.9 Å². The molecule has 1 aromatic heterocycles. The number of rotatable bonds is 5. The van der Waals surface area contributed by atoms with E-state index in [0.717, 1.165) is 30.6 Å². The Kier molecular flexibility index (Phi) is 7.40. The Morgan fingerprint density at radius 3 is 3.08 bits per heavy atom. The maximum Gasteiger partial charge on any atom is 0.126 e. The minimum atomic E-state index is 0.196. The quantitative estimate of drug-likeness (QED) is 0.386. The third kappa shape index (κ3) is 5.44. The predicted molar refractivity (Wildman–Crippen MR) is 95.4 cm³/mol. The van der Waals surface area contributed by atoms with E-state index in [9.17, 15) is 0 Å². The lowest BCUT2D eigenvalue weighted by Crippen LogP contribution is -2.22. The van der Waals surface area contributed by atoms with Crippen LogP contribution in [0.5, 0.6) is 0 Å². The van der Waals surface area contributed by atoms with Crippen molar-refractivity contribution in [1.82, 2.24) is 4.98 Å². The van der Waals surface area contributed by atoms with Gasteiger partial charge in [0.05, 0.1) is 24.6 Å². The Balaban J connectivity index is 2.03. The van der Waals surface area contributed by atoms with Gasteiger partial charge in [-0.3, -0.25) is 9.98 Å². The molecule has 0 aromatic carbocycles. The van der Waals surface area contributed by atoms with Gasteiger partial charge < -0.3 is 15.3 Å². The molecule has 1 aliphatic heterocycles. The molecule has 128 valence electrons. The molecule has 0 aliphatic carbocycles. The number of aliphatic imine (C=N–C) groups is 1. The van der Waals surface area contributed by atoms with Gasteiger partial charge in [0.1, 0.15) is 12.3 Å². The summed E-state index contributed by atoms with van der Waals surface area (Å²) < 4.78 is 10.6. The lowest BCUT2D eigenvalue weighted by Gasteiger charge is -2.20. The van der Waals surface area contributed by atoms with Gasteiger partial charge >= 0.3 is 0 Å². The number of ether oxygens (including phenoxy) is 2. The molecule has 6 nitrogen and oxygen atoms in total. The second-order valence-corrected chi connectivity index (χ2v) is 5.62. The number of pyridine rings is 1. The average Bonchev–Trinajstić information content (AvgIpc) is 2.61. The van der Waals surface area contributed by atoms with Crippen molar-refractivity contribution in [2.75, 3.05) is 26.9 Å². The van der Waals surface area contributed by atoms with Crippen LogP contribution >= 0.6 is 0 Å². The van der Waals surface area contributed by atoms with Crippen LogP contribution in [-0.2, 0) is 9.47 Å². The molecule has 1 fully saturated rings. The van der Waals surface area contributed by atoms with Gasteiger partial charge in [-0.2, -0.15) is 5.10 Å². The summed E-state index contributed by atoms with van der Waals surface area (Å²) in [6.45, 7) is 3.79. The molecular weight excluding hydrogens is 304 g/mol. The van der Waals surface area contributed by atoms with Gasteiger partial charge in [0.25, 0.3) is 0 Å². The smallest absolute Gasteiger partial charge is 0.126 e. The highest BCUT2D eigenvalue weighted by molar-refractivity contribution is 6.37. The number of hydrazone groups is 1. The lowest BCUT2D eigenvalue weighted by atomic mass is 10.1. The van der Waals surface area contributed by atoms with E-state index in [1.807, 2.05) is 13.0 Å². The van der Waals surface area contributed by atoms with E-state index in [-0.39, 0.29) is 6.10 Å². The summed E-state index contributed by atoms with van der Waals surface area (Å²) in [5, 5.41) is 3.81. The first-order chi connectivity index (χ1) is 11.7. The van der Waals surface area contributed by atoms with E-state index in [2.05, 4.69) is 26.9 Å². The highest BCUT2D eigenvalue weighted by Crippen LogP contribution is 2.13. The monoisotopic (exact) mass is 328 g/mol. The molecule has 2 rings (SSSR count). The summed E-state index contributed by atoms with van der Waals surface area (Å²) in [5.41, 5.74) is 3.05. The van der Waals surface area contributed by atoms with E-state index in [4.69, 9.17) is 15.3 Å². The standard InChI is InChI=1S/C18H24N4O2/c1-14-10-15(6-5-8-23-2)11-21-18(14)17(22-19)13-20-12-16-7-3-4-9-24-16/h10-11,13,16H,3-4,7-9,12,19H2,1-2H3/b20-13?,22-17+. The predicted octanol–water partition coefficient (Wildman–Crippen LogP) is 1.69. The Morgan fingerprint density at radius 2 is 2.42 bits per heavy atom. The van der Waals surface area contributed by atoms with Gasteiger partial charge in [0, 0.05) is 25.5 Å². The molecule has 2 heterocycles. The second-order valence-electron chi connectivity index (χ2n) is 5.62. The Labute approximate surface area is 143 Å². The molecule has 0 bridgehead atoms. The van der Waals surface area contributed by atoms with Crippen molar-refractivity contribution >= 4 is 11.9 Å². The first kappa shape index (κ1) is 18.1. The summed E-state index contributed by atoms with van der Waals surface area (Å²) in [5.74, 6) is 11.4. The van der Waals surface area contributed by atoms with E-state index in [0.29, 0.717) is 24.6 Å². The molecule has 1 atom stereocenters. The topological polar surface area (TPSA) is 82.1 Å². The van der Waals surface area contributed by atoms with Crippen molar-refractivity contribution in [3.8, 4) is 11.8 Å². The second kappa shape index (κ2) is 9.81. The molecule has 0 amide bonds. The number of aromatic nitrogens is 1. The number of nitrogens with two attached hydrogens (primary N) is 1. The zero-order chi connectivity index (χ0) is 17.2. The van der Waals surface area contributed by atoms with Gasteiger partial charge in [-0.25, -0.2) is 0 Å². The van der Waals surface area contributed by atoms with Crippen molar-refractivity contribution in [3.63, 3.8) is 0 Å². The molecule has 0 saturated carbocycles. The lowest BCUT2D eigenvalue weighted by molar-refractivity contribution is 0.0226. The third-order valence-electron chi connectivity index (χ3n) is 3.71. The average molecular weight is 328 g/mol. The summed E-state index contributed by atoms with van der Waals surface area (Å²) in [6, 6.07) is 1.95. The molecular formula is C18H24N4O2. The highest BCUT2D eigenvalue weighted by Gasteiger charge is 2.13. The van der Waals surface area contributed by atoms with Crippen LogP contribution < -0.4 is 5.84 Å². The first-order valence-electron chi connectivity index (χ1n) is 8.08. The third-order valence-corrected chi connectivity index (χ3v) is 3.71. The molecule has 2 N–H and O–H groups in total. The highest BCUT2D eigenvalue weighted by atomic mass is 16.5. The number of hydrogen-bond donors (Lipinski definition) is 1. The van der Waals surface area contributed by atoms with Crippen molar-refractivity contribution in [2.45, 2.75) is 32.3 Å². The van der Waals surface area contributed by atoms with E-state index < -0.39 is 0 Å². The number of nitrogens with zero attached hydrogens (tertiary/aromatic N) is 3. The zero-order valence-electron chi connectivity index (χ0n) is 14.3. The fraction of sp³-hybridized carbons (Fsp3) is 0.500.